The summed E-state index contributed by atoms with van der Waals surface area (Å²) in [5.74, 6) is 0.984. The Labute approximate surface area is 265 Å². The number of rotatable bonds is 6. The highest BCUT2D eigenvalue weighted by Gasteiger charge is 2.80. The quantitative estimate of drug-likeness (QED) is 0.335. The summed E-state index contributed by atoms with van der Waals surface area (Å²) in [7, 11) is 0. The van der Waals surface area contributed by atoms with Crippen molar-refractivity contribution in [3.05, 3.63) is 53.1 Å². The lowest BCUT2D eigenvalue weighted by atomic mass is 9.31. The molecule has 2 aromatic carbocycles. The molecular weight excluding hydrogens is 568 g/mol. The fraction of sp³-hybridized carbons (Fsp3) is 0.622. The van der Waals surface area contributed by atoms with E-state index in [0.29, 0.717) is 23.2 Å². The minimum absolute atomic E-state index is 0.0203. The van der Waals surface area contributed by atoms with Crippen molar-refractivity contribution in [3.8, 4) is 11.5 Å². The molecule has 7 atom stereocenters. The number of carboxylic acids is 1. The first-order valence-electron chi connectivity index (χ1n) is 16.8. The predicted octanol–water partition coefficient (Wildman–Crippen LogP) is 6.64. The van der Waals surface area contributed by atoms with Gasteiger partial charge in [0.1, 0.15) is 6.10 Å². The van der Waals surface area contributed by atoms with Crippen LogP contribution in [-0.2, 0) is 11.8 Å². The zero-order valence-electron chi connectivity index (χ0n) is 27.1. The van der Waals surface area contributed by atoms with E-state index >= 15 is 0 Å². The topological polar surface area (TPSA) is 108 Å². The van der Waals surface area contributed by atoms with E-state index in [0.717, 1.165) is 44.6 Å². The van der Waals surface area contributed by atoms with Gasteiger partial charge in [-0.25, -0.2) is 9.59 Å². The lowest BCUT2D eigenvalue weighted by Gasteiger charge is -2.75. The number of nitrogens with one attached hydrogen (secondary N) is 1. The molecule has 1 saturated heterocycles. The highest BCUT2D eigenvalue weighted by Crippen LogP contribution is 2.79. The first-order valence-corrected chi connectivity index (χ1v) is 16.8. The number of aliphatic hydroxyl groups is 1. The number of likely N-dealkylation sites (tertiary alicyclic amines) is 1. The Morgan fingerprint density at radius 3 is 2.47 bits per heavy atom. The minimum Gasteiger partial charge on any atom is -0.485 e. The summed E-state index contributed by atoms with van der Waals surface area (Å²) < 4.78 is 13.2. The Morgan fingerprint density at radius 1 is 1.07 bits per heavy atom. The second kappa shape index (κ2) is 9.25. The van der Waals surface area contributed by atoms with Crippen LogP contribution < -0.4 is 14.8 Å². The van der Waals surface area contributed by atoms with Gasteiger partial charge >= 0.3 is 12.1 Å². The van der Waals surface area contributed by atoms with Crippen molar-refractivity contribution in [2.24, 2.45) is 28.1 Å². The number of piperidine rings is 1. The smallest absolute Gasteiger partial charge is 0.417 e. The number of hydrogen-bond donors (Lipinski definition) is 3. The van der Waals surface area contributed by atoms with Gasteiger partial charge in [0.25, 0.3) is 0 Å². The van der Waals surface area contributed by atoms with Gasteiger partial charge in [-0.15, -0.1) is 0 Å². The van der Waals surface area contributed by atoms with E-state index in [-0.39, 0.29) is 39.2 Å². The Balaban J connectivity index is 1.20. The molecule has 2 aromatic rings. The minimum atomic E-state index is -1.02. The first-order chi connectivity index (χ1) is 21.2. The molecule has 2 spiro atoms. The maximum absolute atomic E-state index is 13.2. The number of hydrogen-bond acceptors (Lipinski definition) is 6. The maximum Gasteiger partial charge on any atom is 0.417 e. The first kappa shape index (κ1) is 29.3. The molecule has 4 saturated carbocycles. The van der Waals surface area contributed by atoms with Gasteiger partial charge in [-0.2, -0.15) is 0 Å². The maximum atomic E-state index is 13.2. The van der Waals surface area contributed by atoms with Gasteiger partial charge in [0.2, 0.25) is 0 Å². The fourth-order valence-corrected chi connectivity index (χ4v) is 10.7. The van der Waals surface area contributed by atoms with Crippen LogP contribution in [0.15, 0.2) is 36.4 Å². The van der Waals surface area contributed by atoms with Crippen molar-refractivity contribution in [1.82, 2.24) is 4.90 Å². The van der Waals surface area contributed by atoms with Gasteiger partial charge in [0.15, 0.2) is 11.5 Å². The van der Waals surface area contributed by atoms with Gasteiger partial charge < -0.3 is 19.7 Å². The summed E-state index contributed by atoms with van der Waals surface area (Å²) in [5.41, 5.74) is 1.53. The molecule has 9 rings (SSSR count). The molecule has 45 heavy (non-hydrogen) atoms. The third-order valence-electron chi connectivity index (χ3n) is 13.6. The number of carbonyl (C=O) groups is 2. The molecule has 8 nitrogen and oxygen atoms in total. The predicted molar refractivity (Wildman–Crippen MR) is 170 cm³/mol. The zero-order chi connectivity index (χ0) is 31.7. The van der Waals surface area contributed by atoms with Gasteiger partial charge in [0.05, 0.1) is 11.2 Å². The van der Waals surface area contributed by atoms with E-state index in [1.165, 1.54) is 42.6 Å². The lowest BCUT2D eigenvalue weighted by molar-refractivity contribution is -0.276. The van der Waals surface area contributed by atoms with Crippen molar-refractivity contribution in [2.45, 2.75) is 103 Å². The Morgan fingerprint density at radius 2 is 1.80 bits per heavy atom. The molecule has 0 unspecified atom stereocenters. The largest absolute Gasteiger partial charge is 0.485 e. The summed E-state index contributed by atoms with van der Waals surface area (Å²) in [6.45, 7) is 13.1. The molecule has 2 heterocycles. The van der Waals surface area contributed by atoms with E-state index in [2.05, 4.69) is 50.9 Å². The summed E-state index contributed by atoms with van der Waals surface area (Å²) >= 11 is 0. The monoisotopic (exact) mass is 614 g/mol. The van der Waals surface area contributed by atoms with Crippen LogP contribution in [0.4, 0.5) is 10.5 Å². The SMILES string of the molecule is CC(C)(C)[C@](C)(O)[C@H]1C[C@@]23CC[C@@]1(C)[C@@H]1Oc4c(OC(=O)Nc5ccc(C(=O)O)cc5)ccc5c4[C@@]12CCN(CC1CC1)[C@@H]3C5. The van der Waals surface area contributed by atoms with Crippen LogP contribution in [0.2, 0.25) is 0 Å². The highest BCUT2D eigenvalue weighted by atomic mass is 16.6. The molecule has 0 aromatic heterocycles. The summed E-state index contributed by atoms with van der Waals surface area (Å²) in [5, 5.41) is 24.3. The van der Waals surface area contributed by atoms with Crippen LogP contribution in [0.5, 0.6) is 11.5 Å². The number of amides is 1. The van der Waals surface area contributed by atoms with Crippen molar-refractivity contribution in [1.29, 1.82) is 0 Å². The number of nitrogens with zero attached hydrogens (tertiary/aromatic N) is 1. The van der Waals surface area contributed by atoms with Crippen molar-refractivity contribution >= 4 is 17.7 Å². The van der Waals surface area contributed by atoms with Crippen LogP contribution in [0, 0.1) is 28.1 Å². The standard InChI is InChI=1S/C37H46N2O6/c1-33(2,3)35(5,43)26-19-36-15-14-34(26,4)31-37(36)16-17-39(20-21-6-7-21)27(36)18-23-10-13-25(29(45-31)28(23)37)44-32(42)38-24-11-8-22(9-12-24)30(40)41/h8-13,21,26-27,31,43H,6-7,14-20H2,1-5H3,(H,38,42)(H,40,41)/t26-,27+,31-,34+,35+,36+,37-/m0/s1. The molecule has 5 aliphatic carbocycles. The van der Waals surface area contributed by atoms with Crippen molar-refractivity contribution in [2.75, 3.05) is 18.4 Å². The summed E-state index contributed by atoms with van der Waals surface area (Å²) in [6.07, 6.45) is 7.01. The van der Waals surface area contributed by atoms with Gasteiger partial charge in [0, 0.05) is 40.1 Å². The Bertz CT molecular complexity index is 1590. The normalized spacial score (nSPS) is 35.6. The third kappa shape index (κ3) is 3.84. The average molecular weight is 615 g/mol. The number of anilines is 1. The second-order valence-electron chi connectivity index (χ2n) is 16.5. The number of fused-ring (bicyclic) bond motifs is 2. The molecule has 1 amide bonds. The fourth-order valence-electron chi connectivity index (χ4n) is 10.7. The molecule has 240 valence electrons. The van der Waals surface area contributed by atoms with Gasteiger partial charge in [-0.3, -0.25) is 10.2 Å². The van der Waals surface area contributed by atoms with E-state index in [1.54, 1.807) is 12.1 Å². The highest BCUT2D eigenvalue weighted by molar-refractivity contribution is 5.90. The van der Waals surface area contributed by atoms with Gasteiger partial charge in [-0.05, 0) is 112 Å². The molecule has 7 aliphatic rings. The average Bonchev–Trinajstić information content (AvgIpc) is 3.72. The van der Waals surface area contributed by atoms with Gasteiger partial charge in [-0.1, -0.05) is 33.8 Å². The molecule has 4 bridgehead atoms. The van der Waals surface area contributed by atoms with E-state index in [1.807, 2.05) is 6.07 Å². The van der Waals surface area contributed by atoms with Crippen LogP contribution in [0.25, 0.3) is 0 Å². The number of ether oxygens (including phenoxy) is 2. The Hall–Kier alpha value is -3.10. The molecule has 0 radical (unpaired) electrons. The van der Waals surface area contributed by atoms with E-state index in [9.17, 15) is 19.8 Å². The molecule has 8 heteroatoms. The number of carbonyl (C=O) groups excluding carboxylic acids is 1. The van der Waals surface area contributed by atoms with Crippen molar-refractivity contribution < 1.29 is 29.3 Å². The summed E-state index contributed by atoms with van der Waals surface area (Å²) in [6, 6.07) is 10.5. The third-order valence-corrected chi connectivity index (χ3v) is 13.6. The second-order valence-corrected chi connectivity index (χ2v) is 16.5. The molecule has 3 N–H and O–H groups in total. The van der Waals surface area contributed by atoms with E-state index in [4.69, 9.17) is 9.47 Å². The van der Waals surface area contributed by atoms with Crippen molar-refractivity contribution in [3.63, 3.8) is 0 Å². The Kier molecular flexibility index (Phi) is 6.03. The lowest BCUT2D eigenvalue weighted by Crippen LogP contribution is -2.80. The number of carboxylic acid groups (broad SMARTS) is 1. The van der Waals surface area contributed by atoms with Crippen LogP contribution >= 0.6 is 0 Å². The molecule has 2 aliphatic heterocycles. The number of benzene rings is 2. The zero-order valence-corrected chi connectivity index (χ0v) is 27.1. The van der Waals surface area contributed by atoms with Crippen LogP contribution in [0.1, 0.15) is 94.6 Å². The van der Waals surface area contributed by atoms with Crippen LogP contribution in [-0.4, -0.2) is 58.0 Å². The number of aromatic carboxylic acids is 1. The molecular formula is C37H46N2O6. The van der Waals surface area contributed by atoms with Crippen LogP contribution in [0.3, 0.4) is 0 Å². The molecule has 5 fully saturated rings. The van der Waals surface area contributed by atoms with E-state index < -0.39 is 17.7 Å². The summed E-state index contributed by atoms with van der Waals surface area (Å²) in [4.78, 5) is 27.2.